The molecule has 24 heavy (non-hydrogen) atoms. The first-order chi connectivity index (χ1) is 11.3. The molecule has 1 saturated heterocycles. The van der Waals surface area contributed by atoms with E-state index in [1.54, 1.807) is 18.0 Å². The first-order valence-corrected chi connectivity index (χ1v) is 10.1. The maximum absolute atomic E-state index is 13.2. The number of rotatable bonds is 6. The van der Waals surface area contributed by atoms with Crippen LogP contribution in [0.15, 0.2) is 24.3 Å². The molecule has 0 radical (unpaired) electrons. The number of hydrogen-bond donors (Lipinski definition) is 1. The van der Waals surface area contributed by atoms with E-state index in [4.69, 9.17) is 16.3 Å². The summed E-state index contributed by atoms with van der Waals surface area (Å²) in [5, 5.41) is 0.565. The van der Waals surface area contributed by atoms with E-state index in [1.165, 1.54) is 0 Å². The van der Waals surface area contributed by atoms with Crippen molar-refractivity contribution in [3.8, 4) is 0 Å². The zero-order valence-electron chi connectivity index (χ0n) is 13.9. The largest absolute Gasteiger partial charge is 0.381 e. The monoisotopic (exact) mass is 374 g/mol. The molecule has 1 N–H and O–H groups in total. The lowest BCUT2D eigenvalue weighted by molar-refractivity contribution is -0.139. The summed E-state index contributed by atoms with van der Waals surface area (Å²) in [6.07, 6.45) is 2.21. The van der Waals surface area contributed by atoms with E-state index in [9.17, 15) is 13.2 Å². The lowest BCUT2D eigenvalue weighted by Crippen LogP contribution is -2.50. The molecule has 1 amide bonds. The first kappa shape index (κ1) is 19.2. The van der Waals surface area contributed by atoms with Crippen molar-refractivity contribution in [3.63, 3.8) is 0 Å². The van der Waals surface area contributed by atoms with Gasteiger partial charge in [-0.15, -0.1) is 0 Å². The number of likely N-dealkylation sites (N-methyl/N-ethyl adjacent to an activating group) is 1. The quantitative estimate of drug-likeness (QED) is 0.816. The van der Waals surface area contributed by atoms with E-state index in [0.29, 0.717) is 37.6 Å². The maximum Gasteiger partial charge on any atom is 0.233 e. The molecule has 1 heterocycles. The van der Waals surface area contributed by atoms with Gasteiger partial charge in [-0.3, -0.25) is 4.79 Å². The summed E-state index contributed by atoms with van der Waals surface area (Å²) in [4.78, 5) is 14.7. The van der Waals surface area contributed by atoms with Crippen LogP contribution in [0.1, 0.15) is 18.4 Å². The number of benzene rings is 1. The Bertz CT molecular complexity index is 687. The molecule has 0 unspecified atom stereocenters. The van der Waals surface area contributed by atoms with Crippen LogP contribution in [0.25, 0.3) is 0 Å². The Kier molecular flexibility index (Phi) is 6.25. The highest BCUT2D eigenvalue weighted by Gasteiger charge is 2.44. The standard InChI is InChI=1S/C16H23ClN2O4S/c1-19(10-9-18-24(2,21)22)15(20)16(7-11-23-12-8-16)13-5-3-4-6-14(13)17/h3-6,18H,7-12H2,1-2H3. The van der Waals surface area contributed by atoms with Crippen molar-refractivity contribution in [2.45, 2.75) is 18.3 Å². The highest BCUT2D eigenvalue weighted by atomic mass is 35.5. The smallest absolute Gasteiger partial charge is 0.233 e. The predicted molar refractivity (Wildman–Crippen MR) is 93.7 cm³/mol. The van der Waals surface area contributed by atoms with Gasteiger partial charge in [-0.2, -0.15) is 0 Å². The van der Waals surface area contributed by atoms with Crippen molar-refractivity contribution < 1.29 is 17.9 Å². The van der Waals surface area contributed by atoms with Gasteiger partial charge in [-0.25, -0.2) is 13.1 Å². The SMILES string of the molecule is CN(CCNS(C)(=O)=O)C(=O)C1(c2ccccc2Cl)CCOCC1. The third kappa shape index (κ3) is 4.47. The molecule has 0 saturated carbocycles. The molecule has 1 fully saturated rings. The van der Waals surface area contributed by atoms with Gasteiger partial charge in [0.15, 0.2) is 0 Å². The second-order valence-electron chi connectivity index (χ2n) is 6.07. The van der Waals surface area contributed by atoms with E-state index < -0.39 is 15.4 Å². The maximum atomic E-state index is 13.2. The topological polar surface area (TPSA) is 75.7 Å². The number of halogens is 1. The second kappa shape index (κ2) is 7.82. The van der Waals surface area contributed by atoms with E-state index in [1.807, 2.05) is 18.2 Å². The van der Waals surface area contributed by atoms with Crippen LogP contribution in [0.2, 0.25) is 5.02 Å². The molecule has 0 bridgehead atoms. The van der Waals surface area contributed by atoms with Gasteiger partial charge >= 0.3 is 0 Å². The van der Waals surface area contributed by atoms with Crippen LogP contribution in [-0.4, -0.2) is 58.8 Å². The average Bonchev–Trinajstić information content (AvgIpc) is 2.54. The normalized spacial score (nSPS) is 17.5. The summed E-state index contributed by atoms with van der Waals surface area (Å²) in [5.74, 6) is -0.0609. The fraction of sp³-hybridized carbons (Fsp3) is 0.562. The van der Waals surface area contributed by atoms with Crippen molar-refractivity contribution in [2.75, 3.05) is 39.6 Å². The van der Waals surface area contributed by atoms with Crippen LogP contribution in [0.3, 0.4) is 0 Å². The van der Waals surface area contributed by atoms with Crippen molar-refractivity contribution in [1.82, 2.24) is 9.62 Å². The molecule has 1 aromatic carbocycles. The minimum Gasteiger partial charge on any atom is -0.381 e. The Morgan fingerprint density at radius 2 is 1.96 bits per heavy atom. The molecule has 6 nitrogen and oxygen atoms in total. The van der Waals surface area contributed by atoms with Crippen LogP contribution < -0.4 is 4.72 Å². The highest BCUT2D eigenvalue weighted by Crippen LogP contribution is 2.39. The van der Waals surface area contributed by atoms with E-state index >= 15 is 0 Å². The number of hydrogen-bond acceptors (Lipinski definition) is 4. The molecular formula is C16H23ClN2O4S. The van der Waals surface area contributed by atoms with Gasteiger partial charge in [0.05, 0.1) is 11.7 Å². The molecule has 0 aromatic heterocycles. The van der Waals surface area contributed by atoms with Crippen LogP contribution in [0.4, 0.5) is 0 Å². The van der Waals surface area contributed by atoms with Gasteiger partial charge in [-0.1, -0.05) is 29.8 Å². The van der Waals surface area contributed by atoms with Crippen molar-refractivity contribution >= 4 is 27.5 Å². The van der Waals surface area contributed by atoms with E-state index in [0.717, 1.165) is 11.8 Å². The zero-order valence-corrected chi connectivity index (χ0v) is 15.5. The molecule has 0 aliphatic carbocycles. The second-order valence-corrected chi connectivity index (χ2v) is 8.31. The number of carbonyl (C=O) groups excluding carboxylic acids is 1. The number of ether oxygens (including phenoxy) is 1. The van der Waals surface area contributed by atoms with E-state index in [2.05, 4.69) is 4.72 Å². The number of nitrogens with zero attached hydrogens (tertiary/aromatic N) is 1. The van der Waals surface area contributed by atoms with Crippen molar-refractivity contribution in [2.24, 2.45) is 0 Å². The summed E-state index contributed by atoms with van der Waals surface area (Å²) in [6.45, 7) is 1.45. The summed E-state index contributed by atoms with van der Waals surface area (Å²) >= 11 is 6.36. The van der Waals surface area contributed by atoms with Gasteiger partial charge in [0.25, 0.3) is 0 Å². The number of sulfonamides is 1. The van der Waals surface area contributed by atoms with Crippen molar-refractivity contribution in [1.29, 1.82) is 0 Å². The van der Waals surface area contributed by atoms with Gasteiger partial charge in [0.1, 0.15) is 0 Å². The molecule has 8 heteroatoms. The Morgan fingerprint density at radius 1 is 1.33 bits per heavy atom. The Hall–Kier alpha value is -1.15. The average molecular weight is 375 g/mol. The number of nitrogens with one attached hydrogen (secondary N) is 1. The fourth-order valence-corrected chi connectivity index (χ4v) is 3.81. The van der Waals surface area contributed by atoms with E-state index in [-0.39, 0.29) is 12.5 Å². The molecule has 2 rings (SSSR count). The molecular weight excluding hydrogens is 352 g/mol. The van der Waals surface area contributed by atoms with Gasteiger partial charge in [0.2, 0.25) is 15.9 Å². The van der Waals surface area contributed by atoms with Crippen LogP contribution in [-0.2, 0) is 25.0 Å². The molecule has 0 spiro atoms. The van der Waals surface area contributed by atoms with Crippen LogP contribution >= 0.6 is 11.6 Å². The van der Waals surface area contributed by atoms with Gasteiger partial charge < -0.3 is 9.64 Å². The summed E-state index contributed by atoms with van der Waals surface area (Å²) in [7, 11) is -1.59. The lowest BCUT2D eigenvalue weighted by atomic mass is 9.73. The summed E-state index contributed by atoms with van der Waals surface area (Å²) < 4.78 is 30.2. The predicted octanol–water partition coefficient (Wildman–Crippen LogP) is 1.40. The third-order valence-corrected chi connectivity index (χ3v) is 5.36. The minimum absolute atomic E-state index is 0.0609. The molecule has 134 valence electrons. The third-order valence-electron chi connectivity index (χ3n) is 4.30. The first-order valence-electron chi connectivity index (χ1n) is 7.79. The Balaban J connectivity index is 2.21. The zero-order chi connectivity index (χ0) is 17.8. The molecule has 1 aliphatic heterocycles. The Labute approximate surface area is 148 Å². The fourth-order valence-electron chi connectivity index (χ4n) is 3.03. The lowest BCUT2D eigenvalue weighted by Gasteiger charge is -2.39. The van der Waals surface area contributed by atoms with Gasteiger partial charge in [-0.05, 0) is 24.5 Å². The molecule has 1 aliphatic rings. The number of amides is 1. The van der Waals surface area contributed by atoms with Crippen LogP contribution in [0.5, 0.6) is 0 Å². The van der Waals surface area contributed by atoms with Crippen molar-refractivity contribution in [3.05, 3.63) is 34.9 Å². The minimum atomic E-state index is -3.27. The highest BCUT2D eigenvalue weighted by molar-refractivity contribution is 7.88. The molecule has 1 aromatic rings. The summed E-state index contributed by atoms with van der Waals surface area (Å²) in [5.41, 5.74) is 0.0825. The molecule has 0 atom stereocenters. The van der Waals surface area contributed by atoms with Gasteiger partial charge in [0, 0.05) is 38.4 Å². The summed E-state index contributed by atoms with van der Waals surface area (Å²) in [6, 6.07) is 7.38. The number of carbonyl (C=O) groups is 1. The Morgan fingerprint density at radius 3 is 2.54 bits per heavy atom. The van der Waals surface area contributed by atoms with Crippen LogP contribution in [0, 0.1) is 0 Å².